The van der Waals surface area contributed by atoms with Crippen LogP contribution in [0, 0.1) is 11.3 Å². The predicted molar refractivity (Wildman–Crippen MR) is 90.8 cm³/mol. The van der Waals surface area contributed by atoms with E-state index in [2.05, 4.69) is 11.4 Å². The summed E-state index contributed by atoms with van der Waals surface area (Å²) >= 11 is 0. The molecule has 134 valence electrons. The average molecular weight is 345 g/mol. The monoisotopic (exact) mass is 345 g/mol. The number of urea groups is 1. The first-order valence-corrected chi connectivity index (χ1v) is 8.30. The number of carbonyl (C=O) groups is 2. The average Bonchev–Trinajstić information content (AvgIpc) is 2.78. The first-order valence-electron chi connectivity index (χ1n) is 8.30. The smallest absolute Gasteiger partial charge is 0.325 e. The number of carbonyl (C=O) groups excluding carboxylic acids is 2. The molecule has 2 rings (SSSR count). The third-order valence-corrected chi connectivity index (χ3v) is 4.14. The van der Waals surface area contributed by atoms with Crippen molar-refractivity contribution in [2.75, 3.05) is 13.2 Å². The number of nitriles is 1. The van der Waals surface area contributed by atoms with Gasteiger partial charge >= 0.3 is 6.03 Å². The van der Waals surface area contributed by atoms with Crippen LogP contribution >= 0.6 is 0 Å². The Hall–Kier alpha value is -2.59. The molecule has 2 atom stereocenters. The van der Waals surface area contributed by atoms with E-state index in [0.717, 1.165) is 16.9 Å². The minimum Gasteiger partial charge on any atom is -0.491 e. The van der Waals surface area contributed by atoms with Crippen molar-refractivity contribution >= 4 is 11.9 Å². The van der Waals surface area contributed by atoms with Crippen molar-refractivity contribution in [3.63, 3.8) is 0 Å². The van der Waals surface area contributed by atoms with Crippen molar-refractivity contribution in [2.45, 2.75) is 44.8 Å². The molecule has 1 fully saturated rings. The van der Waals surface area contributed by atoms with Crippen LogP contribution in [0.3, 0.4) is 0 Å². The second-order valence-corrected chi connectivity index (χ2v) is 6.37. The van der Waals surface area contributed by atoms with E-state index in [1.165, 1.54) is 0 Å². The topological polar surface area (TPSA) is 103 Å². The Labute approximate surface area is 147 Å². The van der Waals surface area contributed by atoms with Gasteiger partial charge in [-0.05, 0) is 31.0 Å². The van der Waals surface area contributed by atoms with Crippen molar-refractivity contribution in [3.8, 4) is 11.8 Å². The van der Waals surface area contributed by atoms with Crippen LogP contribution in [0.5, 0.6) is 5.75 Å². The molecule has 0 aliphatic carbocycles. The number of nitrogens with zero attached hydrogens (tertiary/aromatic N) is 2. The fraction of sp³-hybridized carbons (Fsp3) is 0.500. The summed E-state index contributed by atoms with van der Waals surface area (Å²) in [6.07, 6.45) is 0.656. The van der Waals surface area contributed by atoms with Crippen LogP contribution in [-0.2, 0) is 11.2 Å². The van der Waals surface area contributed by atoms with Gasteiger partial charge in [0.1, 0.15) is 24.0 Å². The van der Waals surface area contributed by atoms with Gasteiger partial charge in [0.2, 0.25) is 0 Å². The summed E-state index contributed by atoms with van der Waals surface area (Å²) in [6.45, 7) is 3.48. The number of amides is 3. The second-order valence-electron chi connectivity index (χ2n) is 6.37. The lowest BCUT2D eigenvalue weighted by molar-refractivity contribution is -0.132. The first-order chi connectivity index (χ1) is 11.9. The molecule has 25 heavy (non-hydrogen) atoms. The number of aliphatic hydroxyl groups excluding tert-OH is 1. The molecule has 0 spiro atoms. The van der Waals surface area contributed by atoms with Crippen molar-refractivity contribution in [1.29, 1.82) is 5.26 Å². The highest BCUT2D eigenvalue weighted by atomic mass is 16.5. The van der Waals surface area contributed by atoms with Gasteiger partial charge in [0, 0.05) is 0 Å². The standard InChI is InChI=1S/C18H23N3O4/c1-3-9-18(2)16(23)21(17(24)20-18)11-14(22)12-25-15-6-4-13(5-7-15)8-10-19/h4-7,14,22H,3,8-9,11-12H2,1-2H3,(H,20,24)/t14-,18+/m0/s1. The van der Waals surface area contributed by atoms with Crippen LogP contribution < -0.4 is 10.1 Å². The number of rotatable bonds is 8. The van der Waals surface area contributed by atoms with Gasteiger partial charge in [-0.1, -0.05) is 25.5 Å². The maximum Gasteiger partial charge on any atom is 0.325 e. The molecule has 3 amide bonds. The number of nitrogens with one attached hydrogen (secondary N) is 1. The predicted octanol–water partition coefficient (Wildman–Crippen LogP) is 1.60. The molecule has 7 nitrogen and oxygen atoms in total. The van der Waals surface area contributed by atoms with Crippen molar-refractivity contribution in [3.05, 3.63) is 29.8 Å². The normalized spacial score (nSPS) is 21.0. The fourth-order valence-corrected chi connectivity index (χ4v) is 2.83. The molecular formula is C18H23N3O4. The summed E-state index contributed by atoms with van der Waals surface area (Å²) in [5.74, 6) is 0.230. The zero-order valence-electron chi connectivity index (χ0n) is 14.5. The van der Waals surface area contributed by atoms with E-state index in [-0.39, 0.29) is 19.1 Å². The zero-order chi connectivity index (χ0) is 18.4. The van der Waals surface area contributed by atoms with Gasteiger partial charge < -0.3 is 15.2 Å². The highest BCUT2D eigenvalue weighted by molar-refractivity contribution is 6.06. The van der Waals surface area contributed by atoms with Crippen LogP contribution in [0.2, 0.25) is 0 Å². The summed E-state index contributed by atoms with van der Waals surface area (Å²) in [7, 11) is 0. The molecule has 0 bridgehead atoms. The minimum absolute atomic E-state index is 0.0425. The first kappa shape index (κ1) is 18.7. The van der Waals surface area contributed by atoms with E-state index in [4.69, 9.17) is 10.00 Å². The Morgan fingerprint density at radius 3 is 2.64 bits per heavy atom. The SMILES string of the molecule is CCC[C@@]1(C)NC(=O)N(C[C@H](O)COc2ccc(CC#N)cc2)C1=O. The molecule has 1 aliphatic heterocycles. The molecule has 0 aromatic heterocycles. The summed E-state index contributed by atoms with van der Waals surface area (Å²) in [4.78, 5) is 25.4. The molecular weight excluding hydrogens is 322 g/mol. The lowest BCUT2D eigenvalue weighted by atomic mass is 9.96. The van der Waals surface area contributed by atoms with Crippen molar-refractivity contribution in [2.24, 2.45) is 0 Å². The maximum atomic E-state index is 12.4. The van der Waals surface area contributed by atoms with E-state index in [1.807, 2.05) is 6.92 Å². The van der Waals surface area contributed by atoms with Crippen LogP contribution in [-0.4, -0.2) is 46.7 Å². The van der Waals surface area contributed by atoms with Crippen LogP contribution in [0.25, 0.3) is 0 Å². The van der Waals surface area contributed by atoms with Gasteiger partial charge in [-0.3, -0.25) is 9.69 Å². The number of hydrogen-bond acceptors (Lipinski definition) is 5. The minimum atomic E-state index is -0.988. The Kier molecular flexibility index (Phi) is 5.99. The van der Waals surface area contributed by atoms with Gasteiger partial charge in [0.15, 0.2) is 0 Å². The fourth-order valence-electron chi connectivity index (χ4n) is 2.83. The molecule has 1 aromatic carbocycles. The molecule has 1 aromatic rings. The maximum absolute atomic E-state index is 12.4. The van der Waals surface area contributed by atoms with Crippen LogP contribution in [0.1, 0.15) is 32.3 Å². The molecule has 7 heteroatoms. The van der Waals surface area contributed by atoms with E-state index in [0.29, 0.717) is 18.6 Å². The highest BCUT2D eigenvalue weighted by Crippen LogP contribution is 2.22. The van der Waals surface area contributed by atoms with E-state index in [9.17, 15) is 14.7 Å². The van der Waals surface area contributed by atoms with Gasteiger partial charge in [0.25, 0.3) is 5.91 Å². The number of hydrogen-bond donors (Lipinski definition) is 2. The Balaban J connectivity index is 1.87. The third-order valence-electron chi connectivity index (χ3n) is 4.14. The van der Waals surface area contributed by atoms with Gasteiger partial charge in [-0.2, -0.15) is 5.26 Å². The Morgan fingerprint density at radius 1 is 1.36 bits per heavy atom. The lowest BCUT2D eigenvalue weighted by Gasteiger charge is -2.22. The molecule has 2 N–H and O–H groups in total. The van der Waals surface area contributed by atoms with Crippen LogP contribution in [0.15, 0.2) is 24.3 Å². The van der Waals surface area contributed by atoms with Crippen molar-refractivity contribution in [1.82, 2.24) is 10.2 Å². The number of aliphatic hydroxyl groups is 1. The molecule has 1 aliphatic rings. The molecule has 1 saturated heterocycles. The number of ether oxygens (including phenoxy) is 1. The summed E-state index contributed by atoms with van der Waals surface area (Å²) in [5, 5.41) is 21.4. The molecule has 0 unspecified atom stereocenters. The Morgan fingerprint density at radius 2 is 2.04 bits per heavy atom. The summed E-state index contributed by atoms with van der Waals surface area (Å²) in [6, 6.07) is 8.56. The highest BCUT2D eigenvalue weighted by Gasteiger charge is 2.47. The number of benzene rings is 1. The van der Waals surface area contributed by atoms with Gasteiger partial charge in [-0.25, -0.2) is 4.79 Å². The second kappa shape index (κ2) is 7.99. The Bertz CT molecular complexity index is 668. The summed E-state index contributed by atoms with van der Waals surface area (Å²) < 4.78 is 5.48. The summed E-state index contributed by atoms with van der Waals surface area (Å²) in [5.41, 5.74) is -0.0202. The van der Waals surface area contributed by atoms with Gasteiger partial charge in [-0.15, -0.1) is 0 Å². The molecule has 1 heterocycles. The largest absolute Gasteiger partial charge is 0.491 e. The van der Waals surface area contributed by atoms with E-state index >= 15 is 0 Å². The van der Waals surface area contributed by atoms with Crippen molar-refractivity contribution < 1.29 is 19.4 Å². The quantitative estimate of drug-likeness (QED) is 0.697. The molecule has 0 saturated carbocycles. The van der Waals surface area contributed by atoms with Gasteiger partial charge in [0.05, 0.1) is 19.0 Å². The third kappa shape index (κ3) is 4.48. The van der Waals surface area contributed by atoms with E-state index < -0.39 is 17.7 Å². The number of β-amino-alcohol motifs (C(OH)–C–C–N with tert-alkyl or cyclic N) is 1. The van der Waals surface area contributed by atoms with E-state index in [1.54, 1.807) is 31.2 Å². The number of imide groups is 1. The van der Waals surface area contributed by atoms with Crippen LogP contribution in [0.4, 0.5) is 4.79 Å². The zero-order valence-corrected chi connectivity index (χ0v) is 14.5. The molecule has 0 radical (unpaired) electrons. The lowest BCUT2D eigenvalue weighted by Crippen LogP contribution is -2.44.